The Morgan fingerprint density at radius 1 is 0.925 bits per heavy atom. The molecule has 0 spiro atoms. The molecular weight excluding hydrogens is 514 g/mol. The smallest absolute Gasteiger partial charge is 0.326 e. The van der Waals surface area contributed by atoms with E-state index in [-0.39, 0.29) is 17.7 Å². The Kier molecular flexibility index (Phi) is 8.77. The summed E-state index contributed by atoms with van der Waals surface area (Å²) in [6, 6.07) is 19.5. The fourth-order valence-electron chi connectivity index (χ4n) is 3.79. The number of hydrogen-bond acceptors (Lipinski definition) is 6. The molecule has 40 heavy (non-hydrogen) atoms. The molecule has 11 heteroatoms. The predicted octanol–water partition coefficient (Wildman–Crippen LogP) is 3.14. The van der Waals surface area contributed by atoms with Gasteiger partial charge in [-0.2, -0.15) is 5.10 Å². The second kappa shape index (κ2) is 12.8. The number of para-hydroxylation sites is 1. The summed E-state index contributed by atoms with van der Waals surface area (Å²) in [6.07, 6.45) is 5.45. The number of aliphatic carboxylic acids is 2. The van der Waals surface area contributed by atoms with E-state index in [1.807, 2.05) is 30.3 Å². The third kappa shape index (κ3) is 7.04. The van der Waals surface area contributed by atoms with E-state index in [9.17, 15) is 24.3 Å². The van der Waals surface area contributed by atoms with Crippen LogP contribution in [-0.4, -0.2) is 54.8 Å². The van der Waals surface area contributed by atoms with Crippen molar-refractivity contribution in [1.82, 2.24) is 25.4 Å². The summed E-state index contributed by atoms with van der Waals surface area (Å²) in [5.41, 5.74) is 2.29. The van der Waals surface area contributed by atoms with E-state index >= 15 is 0 Å². The molecule has 0 aliphatic heterocycles. The van der Waals surface area contributed by atoms with Gasteiger partial charge in [-0.15, -0.1) is 0 Å². The lowest BCUT2D eigenvalue weighted by Gasteiger charge is -2.16. The van der Waals surface area contributed by atoms with Crippen LogP contribution in [0.2, 0.25) is 0 Å². The molecule has 0 saturated heterocycles. The molecule has 1 atom stereocenters. The molecule has 2 amide bonds. The number of nitrogens with one attached hydrogen (secondary N) is 2. The zero-order valence-electron chi connectivity index (χ0n) is 21.1. The number of pyridine rings is 1. The van der Waals surface area contributed by atoms with Crippen molar-refractivity contribution in [2.45, 2.75) is 18.9 Å². The van der Waals surface area contributed by atoms with Gasteiger partial charge in [-0.3, -0.25) is 19.4 Å². The molecule has 11 nitrogen and oxygen atoms in total. The third-order valence-corrected chi connectivity index (χ3v) is 5.78. The van der Waals surface area contributed by atoms with Crippen molar-refractivity contribution in [2.24, 2.45) is 0 Å². The molecule has 4 aromatic rings. The van der Waals surface area contributed by atoms with Crippen LogP contribution in [0.25, 0.3) is 23.0 Å². The summed E-state index contributed by atoms with van der Waals surface area (Å²) in [4.78, 5) is 53.2. The molecule has 4 N–H and O–H groups in total. The Balaban J connectivity index is 1.77. The summed E-state index contributed by atoms with van der Waals surface area (Å²) in [5, 5.41) is 28.1. The van der Waals surface area contributed by atoms with Gasteiger partial charge in [0.25, 0.3) is 11.8 Å². The Morgan fingerprint density at radius 2 is 1.62 bits per heavy atom. The summed E-state index contributed by atoms with van der Waals surface area (Å²) < 4.78 is 1.61. The van der Waals surface area contributed by atoms with Crippen molar-refractivity contribution in [2.75, 3.05) is 0 Å². The first-order chi connectivity index (χ1) is 19.3. The number of benzene rings is 2. The number of carbonyl (C=O) groups is 4. The molecular formula is C29H25N5O6. The maximum atomic E-state index is 13.4. The number of carboxylic acids is 2. The zero-order chi connectivity index (χ0) is 28.5. The van der Waals surface area contributed by atoms with E-state index in [0.717, 1.165) is 5.69 Å². The maximum Gasteiger partial charge on any atom is 0.326 e. The second-order valence-corrected chi connectivity index (χ2v) is 8.63. The fourth-order valence-corrected chi connectivity index (χ4v) is 3.79. The van der Waals surface area contributed by atoms with Gasteiger partial charge in [0.1, 0.15) is 17.4 Å². The fraction of sp³-hybridized carbons (Fsp3) is 0.103. The van der Waals surface area contributed by atoms with Crippen LogP contribution in [0, 0.1) is 0 Å². The molecule has 0 aliphatic rings. The van der Waals surface area contributed by atoms with Crippen LogP contribution in [0.1, 0.15) is 28.8 Å². The Bertz CT molecular complexity index is 1540. The summed E-state index contributed by atoms with van der Waals surface area (Å²) in [5.74, 6) is -4.12. The summed E-state index contributed by atoms with van der Waals surface area (Å²) in [6.45, 7) is 0. The summed E-state index contributed by atoms with van der Waals surface area (Å²) in [7, 11) is 0. The quantitative estimate of drug-likeness (QED) is 0.211. The van der Waals surface area contributed by atoms with Gasteiger partial charge in [-0.25, -0.2) is 9.48 Å². The molecule has 0 radical (unpaired) electrons. The SMILES string of the molecule is O=C(O)CCC(NC(=O)/C(=C/c1cn(-c2ccccc2)nc1-c1cccnc1)NC(=O)c1ccccc1)C(=O)O. The van der Waals surface area contributed by atoms with Crippen LogP contribution in [0.5, 0.6) is 0 Å². The number of amides is 2. The number of hydrogen-bond donors (Lipinski definition) is 4. The van der Waals surface area contributed by atoms with E-state index in [2.05, 4.69) is 20.7 Å². The molecule has 202 valence electrons. The second-order valence-electron chi connectivity index (χ2n) is 8.63. The van der Waals surface area contributed by atoms with E-state index < -0.39 is 36.2 Å². The average Bonchev–Trinajstić information content (AvgIpc) is 3.39. The third-order valence-electron chi connectivity index (χ3n) is 5.78. The first kappa shape index (κ1) is 27.5. The van der Waals surface area contributed by atoms with Crippen LogP contribution >= 0.6 is 0 Å². The van der Waals surface area contributed by atoms with Crippen LogP contribution in [-0.2, 0) is 14.4 Å². The Morgan fingerprint density at radius 3 is 2.25 bits per heavy atom. The predicted molar refractivity (Wildman–Crippen MR) is 145 cm³/mol. The highest BCUT2D eigenvalue weighted by atomic mass is 16.4. The average molecular weight is 540 g/mol. The van der Waals surface area contributed by atoms with E-state index in [1.54, 1.807) is 65.7 Å². The lowest BCUT2D eigenvalue weighted by molar-refractivity contribution is -0.142. The van der Waals surface area contributed by atoms with Gasteiger partial charge in [0.15, 0.2) is 0 Å². The topological polar surface area (TPSA) is 164 Å². The normalized spacial score (nSPS) is 11.8. The van der Waals surface area contributed by atoms with Gasteiger partial charge in [-0.05, 0) is 48.9 Å². The maximum absolute atomic E-state index is 13.4. The lowest BCUT2D eigenvalue weighted by Crippen LogP contribution is -2.44. The van der Waals surface area contributed by atoms with Gasteiger partial charge in [0.2, 0.25) is 0 Å². The highest BCUT2D eigenvalue weighted by Crippen LogP contribution is 2.25. The molecule has 4 rings (SSSR count). The Hall–Kier alpha value is -5.58. The van der Waals surface area contributed by atoms with Gasteiger partial charge < -0.3 is 20.8 Å². The highest BCUT2D eigenvalue weighted by Gasteiger charge is 2.25. The molecule has 2 aromatic heterocycles. The van der Waals surface area contributed by atoms with Crippen molar-refractivity contribution in [1.29, 1.82) is 0 Å². The number of carbonyl (C=O) groups excluding carboxylic acids is 2. The van der Waals surface area contributed by atoms with Crippen LogP contribution < -0.4 is 10.6 Å². The molecule has 0 saturated carbocycles. The molecule has 2 heterocycles. The van der Waals surface area contributed by atoms with E-state index in [0.29, 0.717) is 16.8 Å². The minimum Gasteiger partial charge on any atom is -0.481 e. The van der Waals surface area contributed by atoms with Crippen molar-refractivity contribution < 1.29 is 29.4 Å². The first-order valence-corrected chi connectivity index (χ1v) is 12.2. The van der Waals surface area contributed by atoms with E-state index in [4.69, 9.17) is 5.11 Å². The van der Waals surface area contributed by atoms with Crippen LogP contribution in [0.3, 0.4) is 0 Å². The van der Waals surface area contributed by atoms with Gasteiger partial charge in [0.05, 0.1) is 5.69 Å². The van der Waals surface area contributed by atoms with Crippen molar-refractivity contribution in [3.63, 3.8) is 0 Å². The van der Waals surface area contributed by atoms with Gasteiger partial charge >= 0.3 is 11.9 Å². The molecule has 0 fully saturated rings. The summed E-state index contributed by atoms with van der Waals surface area (Å²) >= 11 is 0. The van der Waals surface area contributed by atoms with Crippen molar-refractivity contribution in [3.8, 4) is 16.9 Å². The molecule has 2 aromatic carbocycles. The molecule has 0 aliphatic carbocycles. The monoisotopic (exact) mass is 539 g/mol. The van der Waals surface area contributed by atoms with Crippen LogP contribution in [0.4, 0.5) is 0 Å². The standard InChI is InChI=1S/C29H25N5O6/c35-25(36)14-13-23(29(39)40)31-28(38)24(32-27(37)19-8-3-1-4-9-19)16-21-18-34(22-11-5-2-6-12-22)33-26(21)20-10-7-15-30-17-20/h1-12,15-18,23H,13-14H2,(H,31,38)(H,32,37)(H,35,36)(H,39,40)/b24-16-. The van der Waals surface area contributed by atoms with Gasteiger partial charge in [-0.1, -0.05) is 36.4 Å². The lowest BCUT2D eigenvalue weighted by atomic mass is 10.1. The number of carboxylic acid groups (broad SMARTS) is 2. The number of nitrogens with zero attached hydrogens (tertiary/aromatic N) is 3. The Labute approximate surface area is 228 Å². The van der Waals surface area contributed by atoms with Crippen LogP contribution in [0.15, 0.2) is 97.1 Å². The first-order valence-electron chi connectivity index (χ1n) is 12.2. The van der Waals surface area contributed by atoms with Gasteiger partial charge in [0, 0.05) is 41.7 Å². The molecule has 0 bridgehead atoms. The largest absolute Gasteiger partial charge is 0.481 e. The number of aromatic nitrogens is 3. The number of rotatable bonds is 11. The van der Waals surface area contributed by atoms with Crippen molar-refractivity contribution >= 4 is 29.8 Å². The zero-order valence-corrected chi connectivity index (χ0v) is 21.1. The molecule has 1 unspecified atom stereocenters. The minimum atomic E-state index is -1.49. The van der Waals surface area contributed by atoms with E-state index in [1.165, 1.54) is 6.08 Å². The highest BCUT2D eigenvalue weighted by molar-refractivity contribution is 6.06. The van der Waals surface area contributed by atoms with Crippen molar-refractivity contribution in [3.05, 3.63) is 108 Å². The minimum absolute atomic E-state index is 0.256.